The molecule has 0 atom stereocenters. The number of nitrogens with one attached hydrogen (secondary N) is 1. The molecule has 1 aliphatic heterocycles. The van der Waals surface area contributed by atoms with Crippen LogP contribution in [0.1, 0.15) is 5.56 Å². The second-order valence-corrected chi connectivity index (χ2v) is 6.21. The van der Waals surface area contributed by atoms with Gasteiger partial charge in [-0.25, -0.2) is 15.0 Å². The number of hydrazine groups is 1. The van der Waals surface area contributed by atoms with Gasteiger partial charge in [0.25, 0.3) is 0 Å². The van der Waals surface area contributed by atoms with Gasteiger partial charge in [0.05, 0.1) is 0 Å². The lowest BCUT2D eigenvalue weighted by molar-refractivity contribution is 0.249. The van der Waals surface area contributed by atoms with E-state index in [1.54, 1.807) is 6.33 Å². The van der Waals surface area contributed by atoms with E-state index in [0.717, 1.165) is 38.5 Å². The Morgan fingerprint density at radius 2 is 1.79 bits per heavy atom. The molecule has 2 aromatic rings. The average Bonchev–Trinajstić information content (AvgIpc) is 2.58. The van der Waals surface area contributed by atoms with Crippen LogP contribution < -0.4 is 16.1 Å². The highest BCUT2D eigenvalue weighted by Crippen LogP contribution is 2.27. The number of nitrogen functional groups attached to an aromatic ring is 1. The molecule has 0 spiro atoms. The molecule has 0 bridgehead atoms. The molecule has 0 aliphatic carbocycles. The molecule has 2 heterocycles. The van der Waals surface area contributed by atoms with Crippen molar-refractivity contribution in [1.29, 1.82) is 0 Å². The lowest BCUT2D eigenvalue weighted by atomic mass is 10.2. The van der Waals surface area contributed by atoms with E-state index in [2.05, 4.69) is 55.5 Å². The summed E-state index contributed by atoms with van der Waals surface area (Å²) in [5.74, 6) is 1.46. The Balaban J connectivity index is 1.62. The van der Waals surface area contributed by atoms with Gasteiger partial charge < -0.3 is 16.1 Å². The quantitative estimate of drug-likeness (QED) is 0.801. The number of nitrogens with zero attached hydrogens (tertiary/aromatic N) is 5. The van der Waals surface area contributed by atoms with Crippen LogP contribution in [0.15, 0.2) is 36.7 Å². The number of hydrogen-bond donors (Lipinski definition) is 2. The van der Waals surface area contributed by atoms with Crippen molar-refractivity contribution >= 4 is 17.3 Å². The van der Waals surface area contributed by atoms with Crippen molar-refractivity contribution in [1.82, 2.24) is 19.9 Å². The smallest absolute Gasteiger partial charge is 0.169 e. The number of piperazine rings is 1. The molecule has 24 heavy (non-hydrogen) atoms. The minimum absolute atomic E-state index is 0.600. The van der Waals surface area contributed by atoms with Crippen LogP contribution in [0.4, 0.5) is 17.3 Å². The van der Waals surface area contributed by atoms with E-state index in [4.69, 9.17) is 5.73 Å². The first-order chi connectivity index (χ1) is 11.6. The molecule has 1 aromatic heterocycles. The number of nitrogens with two attached hydrogens (primary N) is 1. The van der Waals surface area contributed by atoms with Crippen LogP contribution in [0.25, 0.3) is 0 Å². The van der Waals surface area contributed by atoms with Gasteiger partial charge in [0.1, 0.15) is 12.0 Å². The summed E-state index contributed by atoms with van der Waals surface area (Å²) >= 11 is 0. The molecule has 3 rings (SSSR count). The van der Waals surface area contributed by atoms with E-state index in [-0.39, 0.29) is 0 Å². The van der Waals surface area contributed by atoms with Crippen LogP contribution in [-0.4, -0.2) is 60.2 Å². The van der Waals surface area contributed by atoms with Gasteiger partial charge in [0, 0.05) is 46.8 Å². The topological polar surface area (TPSA) is 73.5 Å². The second-order valence-electron chi connectivity index (χ2n) is 6.21. The zero-order chi connectivity index (χ0) is 16.9. The van der Waals surface area contributed by atoms with Crippen molar-refractivity contribution in [2.24, 2.45) is 0 Å². The fraction of sp³-hybridized carbons (Fsp3) is 0.412. The number of rotatable bonds is 5. The Morgan fingerprint density at radius 3 is 2.46 bits per heavy atom. The fourth-order valence-corrected chi connectivity index (χ4v) is 2.90. The van der Waals surface area contributed by atoms with Crippen molar-refractivity contribution in [3.63, 3.8) is 0 Å². The van der Waals surface area contributed by atoms with Gasteiger partial charge in [-0.1, -0.05) is 30.3 Å². The SMILES string of the molecule is CN(C)Nc1ncnc(N2CCN(Cc3ccccc3)CC2)c1N. The van der Waals surface area contributed by atoms with Crippen LogP contribution >= 0.6 is 0 Å². The zero-order valence-corrected chi connectivity index (χ0v) is 14.3. The van der Waals surface area contributed by atoms with Gasteiger partial charge >= 0.3 is 0 Å². The van der Waals surface area contributed by atoms with Crippen molar-refractivity contribution in [2.45, 2.75) is 6.54 Å². The number of aromatic nitrogens is 2. The zero-order valence-electron chi connectivity index (χ0n) is 14.3. The third-order valence-corrected chi connectivity index (χ3v) is 4.11. The van der Waals surface area contributed by atoms with Gasteiger partial charge in [-0.15, -0.1) is 0 Å². The van der Waals surface area contributed by atoms with E-state index < -0.39 is 0 Å². The standard InChI is InChI=1S/C17H25N7/c1-22(2)21-16-15(18)17(20-13-19-16)24-10-8-23(9-11-24)12-14-6-4-3-5-7-14/h3-7,13H,8-12,18H2,1-2H3,(H,19,20,21). The van der Waals surface area contributed by atoms with E-state index in [1.807, 2.05) is 19.1 Å². The monoisotopic (exact) mass is 327 g/mol. The molecule has 1 fully saturated rings. The highest BCUT2D eigenvalue weighted by atomic mass is 15.5. The molecule has 0 radical (unpaired) electrons. The maximum atomic E-state index is 6.25. The third kappa shape index (κ3) is 3.93. The van der Waals surface area contributed by atoms with E-state index in [9.17, 15) is 0 Å². The van der Waals surface area contributed by atoms with E-state index in [0.29, 0.717) is 11.5 Å². The van der Waals surface area contributed by atoms with Gasteiger partial charge in [0.15, 0.2) is 11.6 Å². The third-order valence-electron chi connectivity index (χ3n) is 4.11. The molecule has 7 heteroatoms. The maximum absolute atomic E-state index is 6.25. The lowest BCUT2D eigenvalue weighted by Crippen LogP contribution is -2.46. The van der Waals surface area contributed by atoms with Crippen LogP contribution in [0.3, 0.4) is 0 Å². The summed E-state index contributed by atoms with van der Waals surface area (Å²) in [6.45, 7) is 4.80. The fourth-order valence-electron chi connectivity index (χ4n) is 2.90. The molecule has 0 amide bonds. The predicted molar refractivity (Wildman–Crippen MR) is 97.7 cm³/mol. The minimum Gasteiger partial charge on any atom is -0.393 e. The maximum Gasteiger partial charge on any atom is 0.169 e. The van der Waals surface area contributed by atoms with Crippen molar-refractivity contribution in [3.05, 3.63) is 42.2 Å². The summed E-state index contributed by atoms with van der Waals surface area (Å²) in [6, 6.07) is 10.6. The van der Waals surface area contributed by atoms with Crippen LogP contribution in [0.2, 0.25) is 0 Å². The molecule has 7 nitrogen and oxygen atoms in total. The molecule has 1 saturated heterocycles. The van der Waals surface area contributed by atoms with Gasteiger partial charge in [-0.2, -0.15) is 0 Å². The molecule has 3 N–H and O–H groups in total. The summed E-state index contributed by atoms with van der Waals surface area (Å²) in [5, 5.41) is 1.82. The Kier molecular flexibility index (Phi) is 5.12. The molecular weight excluding hydrogens is 302 g/mol. The highest BCUT2D eigenvalue weighted by Gasteiger charge is 2.21. The Labute approximate surface area is 143 Å². The summed E-state index contributed by atoms with van der Waals surface area (Å²) in [6.07, 6.45) is 1.56. The van der Waals surface area contributed by atoms with E-state index in [1.165, 1.54) is 5.56 Å². The Morgan fingerprint density at radius 1 is 1.08 bits per heavy atom. The Bertz CT molecular complexity index is 651. The van der Waals surface area contributed by atoms with Gasteiger partial charge in [0.2, 0.25) is 0 Å². The van der Waals surface area contributed by atoms with Crippen molar-refractivity contribution in [3.8, 4) is 0 Å². The number of hydrogen-bond acceptors (Lipinski definition) is 7. The highest BCUT2D eigenvalue weighted by molar-refractivity contribution is 5.74. The molecule has 0 saturated carbocycles. The minimum atomic E-state index is 0.600. The van der Waals surface area contributed by atoms with Crippen molar-refractivity contribution in [2.75, 3.05) is 56.3 Å². The number of anilines is 3. The molecule has 1 aliphatic rings. The molecular formula is C17H25N7. The average molecular weight is 327 g/mol. The van der Waals surface area contributed by atoms with Crippen LogP contribution in [0, 0.1) is 0 Å². The Hall–Kier alpha value is -2.38. The molecule has 0 unspecified atom stereocenters. The largest absolute Gasteiger partial charge is 0.393 e. The van der Waals surface area contributed by atoms with Crippen molar-refractivity contribution < 1.29 is 0 Å². The summed E-state index contributed by atoms with van der Waals surface area (Å²) in [5.41, 5.74) is 11.3. The normalized spacial score (nSPS) is 15.7. The van der Waals surface area contributed by atoms with Crippen LogP contribution in [-0.2, 0) is 6.54 Å². The molecule has 1 aromatic carbocycles. The first kappa shape index (κ1) is 16.5. The first-order valence-electron chi connectivity index (χ1n) is 8.19. The van der Waals surface area contributed by atoms with Crippen LogP contribution in [0.5, 0.6) is 0 Å². The predicted octanol–water partition coefficient (Wildman–Crippen LogP) is 1.27. The summed E-state index contributed by atoms with van der Waals surface area (Å²) < 4.78 is 0. The van der Waals surface area contributed by atoms with Gasteiger partial charge in [-0.05, 0) is 5.56 Å². The second kappa shape index (κ2) is 7.46. The van der Waals surface area contributed by atoms with E-state index >= 15 is 0 Å². The summed E-state index contributed by atoms with van der Waals surface area (Å²) in [7, 11) is 3.81. The first-order valence-corrected chi connectivity index (χ1v) is 8.19. The number of benzene rings is 1. The van der Waals surface area contributed by atoms with Gasteiger partial charge in [-0.3, -0.25) is 4.90 Å². The summed E-state index contributed by atoms with van der Waals surface area (Å²) in [4.78, 5) is 13.3. The molecule has 128 valence electrons. The lowest BCUT2D eigenvalue weighted by Gasteiger charge is -2.36.